The van der Waals surface area contributed by atoms with E-state index >= 15 is 0 Å². The van der Waals surface area contributed by atoms with E-state index in [0.717, 1.165) is 19.3 Å². The van der Waals surface area contributed by atoms with Crippen LogP contribution in [0.2, 0.25) is 0 Å². The Bertz CT molecular complexity index is 271. The van der Waals surface area contributed by atoms with Gasteiger partial charge in [-0.05, 0) is 19.3 Å². The fourth-order valence-corrected chi connectivity index (χ4v) is 3.47. The predicted molar refractivity (Wildman–Crippen MR) is 46.1 cm³/mol. The van der Waals surface area contributed by atoms with E-state index in [-0.39, 0.29) is 11.3 Å². The van der Waals surface area contributed by atoms with E-state index in [4.69, 9.17) is 5.73 Å². The molecule has 1 aliphatic carbocycles. The smallest absolute Gasteiger partial charge is 0.217 e. The molecule has 0 aromatic rings. The Hall–Kier alpha value is -0.130. The van der Waals surface area contributed by atoms with Crippen LogP contribution in [0, 0.1) is 0 Å². The molecule has 1 aliphatic heterocycles. The second kappa shape index (κ2) is 2.68. The maximum absolute atomic E-state index is 11.6. The van der Waals surface area contributed by atoms with Gasteiger partial charge in [0.1, 0.15) is 0 Å². The maximum Gasteiger partial charge on any atom is 0.217 e. The van der Waals surface area contributed by atoms with Crippen molar-refractivity contribution in [3.05, 3.63) is 0 Å². The third-order valence-electron chi connectivity index (χ3n) is 2.49. The van der Waals surface area contributed by atoms with Crippen molar-refractivity contribution in [2.24, 2.45) is 5.73 Å². The number of hydrogen-bond donors (Lipinski definition) is 1. The lowest BCUT2D eigenvalue weighted by Gasteiger charge is -2.14. The van der Waals surface area contributed by atoms with Gasteiger partial charge < -0.3 is 5.73 Å². The molecule has 12 heavy (non-hydrogen) atoms. The minimum absolute atomic E-state index is 0.0542. The van der Waals surface area contributed by atoms with Gasteiger partial charge in [-0.2, -0.15) is 0 Å². The first-order chi connectivity index (χ1) is 5.60. The first-order valence-corrected chi connectivity index (χ1v) is 5.85. The second-order valence-corrected chi connectivity index (χ2v) is 5.86. The topological polar surface area (TPSA) is 63.4 Å². The highest BCUT2D eigenvalue weighted by Gasteiger charge is 2.41. The van der Waals surface area contributed by atoms with Crippen molar-refractivity contribution in [1.29, 1.82) is 0 Å². The first-order valence-electron chi connectivity index (χ1n) is 4.35. The highest BCUT2D eigenvalue weighted by molar-refractivity contribution is 7.90. The molecular weight excluding hydrogens is 176 g/mol. The van der Waals surface area contributed by atoms with Crippen LogP contribution in [0.4, 0.5) is 0 Å². The van der Waals surface area contributed by atoms with Crippen LogP contribution in [-0.4, -0.2) is 37.1 Å². The number of nitrogens with zero attached hydrogens (tertiary/aromatic N) is 1. The van der Waals surface area contributed by atoms with Gasteiger partial charge in [0.2, 0.25) is 10.0 Å². The van der Waals surface area contributed by atoms with E-state index in [1.807, 2.05) is 0 Å². The minimum atomic E-state index is -2.95. The molecule has 0 bridgehead atoms. The lowest BCUT2D eigenvalue weighted by Crippen LogP contribution is -2.34. The summed E-state index contributed by atoms with van der Waals surface area (Å²) >= 11 is 0. The van der Waals surface area contributed by atoms with Crippen LogP contribution in [-0.2, 0) is 10.0 Å². The average Bonchev–Trinajstić information content (AvgIpc) is 2.75. The third kappa shape index (κ3) is 1.36. The molecule has 1 saturated heterocycles. The molecule has 2 rings (SSSR count). The molecule has 2 fully saturated rings. The van der Waals surface area contributed by atoms with Crippen molar-refractivity contribution in [3.63, 3.8) is 0 Å². The van der Waals surface area contributed by atoms with Crippen molar-refractivity contribution in [2.75, 3.05) is 13.1 Å². The van der Waals surface area contributed by atoms with Crippen LogP contribution in [0.3, 0.4) is 0 Å². The van der Waals surface area contributed by atoms with Gasteiger partial charge in [-0.25, -0.2) is 12.7 Å². The zero-order chi connectivity index (χ0) is 8.77. The molecule has 1 atom stereocenters. The molecule has 70 valence electrons. The Balaban J connectivity index is 2.08. The molecule has 0 radical (unpaired) electrons. The van der Waals surface area contributed by atoms with Crippen LogP contribution < -0.4 is 5.73 Å². The van der Waals surface area contributed by atoms with Crippen LogP contribution in [0.15, 0.2) is 0 Å². The molecule has 1 saturated carbocycles. The molecule has 0 aromatic carbocycles. The van der Waals surface area contributed by atoms with E-state index in [1.165, 1.54) is 0 Å². The molecule has 0 unspecified atom stereocenters. The number of nitrogens with two attached hydrogens (primary N) is 1. The first kappa shape index (κ1) is 8.47. The van der Waals surface area contributed by atoms with Gasteiger partial charge in [0.25, 0.3) is 0 Å². The van der Waals surface area contributed by atoms with Gasteiger partial charge >= 0.3 is 0 Å². The molecule has 2 N–H and O–H groups in total. The standard InChI is InChI=1S/C7H14N2O2S/c8-6-3-4-9(5-6)12(10,11)7-1-2-7/h6-7H,1-5,8H2/t6-/m0/s1. The zero-order valence-electron chi connectivity index (χ0n) is 6.94. The summed E-state index contributed by atoms with van der Waals surface area (Å²) in [7, 11) is -2.95. The summed E-state index contributed by atoms with van der Waals surface area (Å²) in [5.74, 6) is 0. The zero-order valence-corrected chi connectivity index (χ0v) is 7.76. The van der Waals surface area contributed by atoms with E-state index in [9.17, 15) is 8.42 Å². The van der Waals surface area contributed by atoms with E-state index < -0.39 is 10.0 Å². The average molecular weight is 190 g/mol. The number of sulfonamides is 1. The second-order valence-electron chi connectivity index (χ2n) is 3.65. The fraction of sp³-hybridized carbons (Fsp3) is 1.00. The van der Waals surface area contributed by atoms with Gasteiger partial charge in [0.05, 0.1) is 5.25 Å². The SMILES string of the molecule is N[C@H]1CCN(S(=O)(=O)C2CC2)C1. The highest BCUT2D eigenvalue weighted by atomic mass is 32.2. The van der Waals surface area contributed by atoms with Gasteiger partial charge in [-0.3, -0.25) is 0 Å². The normalized spacial score (nSPS) is 32.6. The highest BCUT2D eigenvalue weighted by Crippen LogP contribution is 2.32. The molecule has 0 spiro atoms. The lowest BCUT2D eigenvalue weighted by molar-refractivity contribution is 0.471. The van der Waals surface area contributed by atoms with E-state index in [0.29, 0.717) is 13.1 Å². The van der Waals surface area contributed by atoms with Gasteiger partial charge in [-0.15, -0.1) is 0 Å². The Kier molecular flexibility index (Phi) is 1.89. The summed E-state index contributed by atoms with van der Waals surface area (Å²) in [6, 6.07) is 0.0542. The largest absolute Gasteiger partial charge is 0.326 e. The van der Waals surface area contributed by atoms with Crippen molar-refractivity contribution < 1.29 is 8.42 Å². The van der Waals surface area contributed by atoms with Crippen molar-refractivity contribution >= 4 is 10.0 Å². The van der Waals surface area contributed by atoms with Crippen molar-refractivity contribution in [3.8, 4) is 0 Å². The Labute approximate surface area is 72.8 Å². The summed E-state index contributed by atoms with van der Waals surface area (Å²) in [4.78, 5) is 0. The minimum Gasteiger partial charge on any atom is -0.326 e. The van der Waals surface area contributed by atoms with E-state index in [2.05, 4.69) is 0 Å². The molecule has 4 nitrogen and oxygen atoms in total. The molecule has 0 aromatic heterocycles. The van der Waals surface area contributed by atoms with Gasteiger partial charge in [-0.1, -0.05) is 0 Å². The summed E-state index contributed by atoms with van der Waals surface area (Å²) < 4.78 is 24.8. The fourth-order valence-electron chi connectivity index (χ4n) is 1.56. The summed E-state index contributed by atoms with van der Waals surface area (Å²) in [5, 5.41) is -0.0807. The molecule has 1 heterocycles. The monoisotopic (exact) mass is 190 g/mol. The van der Waals surface area contributed by atoms with Crippen molar-refractivity contribution in [1.82, 2.24) is 4.31 Å². The van der Waals surface area contributed by atoms with Crippen LogP contribution in [0.1, 0.15) is 19.3 Å². The Morgan fingerprint density at radius 2 is 1.92 bits per heavy atom. The Morgan fingerprint density at radius 3 is 2.33 bits per heavy atom. The maximum atomic E-state index is 11.6. The van der Waals surface area contributed by atoms with Gasteiger partial charge in [0.15, 0.2) is 0 Å². The molecule has 5 heteroatoms. The summed E-state index contributed by atoms with van der Waals surface area (Å²) in [6.07, 6.45) is 2.49. The van der Waals surface area contributed by atoms with Crippen molar-refractivity contribution in [2.45, 2.75) is 30.6 Å². The summed E-state index contributed by atoms with van der Waals surface area (Å²) in [5.41, 5.74) is 5.64. The summed E-state index contributed by atoms with van der Waals surface area (Å²) in [6.45, 7) is 1.15. The molecule has 0 amide bonds. The molecule has 2 aliphatic rings. The quantitative estimate of drug-likeness (QED) is 0.639. The van der Waals surface area contributed by atoms with Gasteiger partial charge in [0, 0.05) is 19.1 Å². The van der Waals surface area contributed by atoms with Crippen LogP contribution >= 0.6 is 0 Å². The third-order valence-corrected chi connectivity index (χ3v) is 4.86. The molecular formula is C7H14N2O2S. The Morgan fingerprint density at radius 1 is 1.25 bits per heavy atom. The number of rotatable bonds is 2. The predicted octanol–water partition coefficient (Wildman–Crippen LogP) is -0.488. The van der Waals surface area contributed by atoms with Crippen LogP contribution in [0.25, 0.3) is 0 Å². The lowest BCUT2D eigenvalue weighted by atomic mass is 10.3. The van der Waals surface area contributed by atoms with Crippen LogP contribution in [0.5, 0.6) is 0 Å². The van der Waals surface area contributed by atoms with E-state index in [1.54, 1.807) is 4.31 Å². The number of hydrogen-bond acceptors (Lipinski definition) is 3.